The summed E-state index contributed by atoms with van der Waals surface area (Å²) in [5.41, 5.74) is 7.34. The molecule has 19 heavy (non-hydrogen) atoms. The number of nitrogens with zero attached hydrogens (tertiary/aromatic N) is 2. The first kappa shape index (κ1) is 13.7. The molecule has 0 spiro atoms. The van der Waals surface area contributed by atoms with Crippen LogP contribution in [0.25, 0.3) is 10.9 Å². The molecule has 0 saturated heterocycles. The van der Waals surface area contributed by atoms with Gasteiger partial charge in [-0.05, 0) is 24.3 Å². The highest BCUT2D eigenvalue weighted by Gasteiger charge is 2.09. The van der Waals surface area contributed by atoms with Gasteiger partial charge in [0.1, 0.15) is 0 Å². The second-order valence-electron chi connectivity index (χ2n) is 4.21. The molecular weight excluding hydrogens is 258 g/mol. The summed E-state index contributed by atoms with van der Waals surface area (Å²) < 4.78 is 0. The van der Waals surface area contributed by atoms with Crippen LogP contribution in [0.2, 0.25) is 0 Å². The summed E-state index contributed by atoms with van der Waals surface area (Å²) in [4.78, 5) is 4.60. The van der Waals surface area contributed by atoms with Crippen molar-refractivity contribution in [3.63, 3.8) is 0 Å². The molecule has 1 aromatic heterocycles. The first-order valence-electron chi connectivity index (χ1n) is 6.26. The summed E-state index contributed by atoms with van der Waals surface area (Å²) in [6.45, 7) is 2.16. The lowest BCUT2D eigenvalue weighted by atomic mass is 10.1. The molecule has 1 aromatic carbocycles. The number of thioether (sulfide) groups is 1. The number of hydrogen-bond acceptors (Lipinski definition) is 4. The molecule has 0 amide bonds. The van der Waals surface area contributed by atoms with Crippen LogP contribution >= 0.6 is 11.8 Å². The van der Waals surface area contributed by atoms with E-state index in [1.807, 2.05) is 30.3 Å². The molecule has 0 aliphatic carbocycles. The van der Waals surface area contributed by atoms with Crippen molar-refractivity contribution in [3.05, 3.63) is 35.9 Å². The fourth-order valence-corrected chi connectivity index (χ4v) is 2.82. The Bertz CT molecular complexity index is 598. The molecule has 1 heterocycles. The number of unbranched alkanes of at least 4 members (excludes halogenated alkanes) is 1. The monoisotopic (exact) mass is 275 g/mol. The maximum Gasteiger partial charge on any atom is 0.170 e. The van der Waals surface area contributed by atoms with Crippen molar-refractivity contribution in [1.82, 2.24) is 4.98 Å². The van der Waals surface area contributed by atoms with E-state index in [4.69, 9.17) is 10.9 Å². The van der Waals surface area contributed by atoms with Crippen LogP contribution in [-0.4, -0.2) is 21.8 Å². The fourth-order valence-electron chi connectivity index (χ4n) is 1.81. The molecular formula is C14H17N3OS. The zero-order chi connectivity index (χ0) is 13.7. The van der Waals surface area contributed by atoms with Crippen LogP contribution in [0.1, 0.15) is 25.3 Å². The number of hydrogen-bond donors (Lipinski definition) is 2. The largest absolute Gasteiger partial charge is 0.409 e. The normalized spacial score (nSPS) is 11.9. The van der Waals surface area contributed by atoms with Crippen LogP contribution in [0.3, 0.4) is 0 Å². The molecule has 100 valence electrons. The topological polar surface area (TPSA) is 71.5 Å². The van der Waals surface area contributed by atoms with E-state index in [2.05, 4.69) is 17.1 Å². The quantitative estimate of drug-likeness (QED) is 0.219. The lowest BCUT2D eigenvalue weighted by Crippen LogP contribution is -2.14. The SMILES string of the molecule is CCCCSc1cc(C(N)=NO)c2ccccc2n1. The zero-order valence-electron chi connectivity index (χ0n) is 10.8. The molecule has 0 unspecified atom stereocenters. The van der Waals surface area contributed by atoms with Gasteiger partial charge in [-0.15, -0.1) is 11.8 Å². The number of rotatable bonds is 5. The molecule has 4 nitrogen and oxygen atoms in total. The molecule has 0 aliphatic rings. The average molecular weight is 275 g/mol. The minimum Gasteiger partial charge on any atom is -0.409 e. The Morgan fingerprint density at radius 1 is 1.42 bits per heavy atom. The van der Waals surface area contributed by atoms with Gasteiger partial charge >= 0.3 is 0 Å². The predicted octanol–water partition coefficient (Wildman–Crippen LogP) is 3.22. The van der Waals surface area contributed by atoms with Gasteiger partial charge in [-0.3, -0.25) is 0 Å². The average Bonchev–Trinajstić information content (AvgIpc) is 2.46. The number of para-hydroxylation sites is 1. The van der Waals surface area contributed by atoms with Gasteiger partial charge < -0.3 is 10.9 Å². The van der Waals surface area contributed by atoms with Crippen LogP contribution < -0.4 is 5.73 Å². The van der Waals surface area contributed by atoms with Crippen molar-refractivity contribution >= 4 is 28.5 Å². The Morgan fingerprint density at radius 2 is 2.21 bits per heavy atom. The van der Waals surface area contributed by atoms with E-state index in [0.29, 0.717) is 0 Å². The lowest BCUT2D eigenvalue weighted by Gasteiger charge is -2.08. The number of benzene rings is 1. The van der Waals surface area contributed by atoms with Crippen molar-refractivity contribution < 1.29 is 5.21 Å². The maximum atomic E-state index is 8.89. The molecule has 0 atom stereocenters. The Balaban J connectivity index is 2.44. The standard InChI is InChI=1S/C14H17N3OS/c1-2-3-8-19-13-9-11(14(15)17-18)10-6-4-5-7-12(10)16-13/h4-7,9,18H,2-3,8H2,1H3,(H2,15,17). The van der Waals surface area contributed by atoms with Crippen LogP contribution in [0, 0.1) is 0 Å². The van der Waals surface area contributed by atoms with E-state index in [-0.39, 0.29) is 5.84 Å². The third kappa shape index (κ3) is 3.17. The number of amidine groups is 1. The third-order valence-corrected chi connectivity index (χ3v) is 3.82. The second-order valence-corrected chi connectivity index (χ2v) is 5.33. The highest BCUT2D eigenvalue weighted by atomic mass is 32.2. The van der Waals surface area contributed by atoms with Gasteiger partial charge in [-0.1, -0.05) is 36.7 Å². The minimum atomic E-state index is 0.121. The zero-order valence-corrected chi connectivity index (χ0v) is 11.7. The summed E-state index contributed by atoms with van der Waals surface area (Å²) in [7, 11) is 0. The van der Waals surface area contributed by atoms with Gasteiger partial charge in [0.25, 0.3) is 0 Å². The number of pyridine rings is 1. The summed E-state index contributed by atoms with van der Waals surface area (Å²) in [6.07, 6.45) is 2.31. The summed E-state index contributed by atoms with van der Waals surface area (Å²) in [5.74, 6) is 1.15. The Morgan fingerprint density at radius 3 is 2.95 bits per heavy atom. The van der Waals surface area contributed by atoms with Gasteiger partial charge in [-0.25, -0.2) is 4.98 Å². The smallest absolute Gasteiger partial charge is 0.170 e. The highest BCUT2D eigenvalue weighted by molar-refractivity contribution is 7.99. The van der Waals surface area contributed by atoms with Crippen molar-refractivity contribution in [3.8, 4) is 0 Å². The Hall–Kier alpha value is -1.75. The van der Waals surface area contributed by atoms with E-state index < -0.39 is 0 Å². The Labute approximate surface area is 116 Å². The van der Waals surface area contributed by atoms with E-state index in [9.17, 15) is 0 Å². The van der Waals surface area contributed by atoms with E-state index in [0.717, 1.165) is 40.1 Å². The molecule has 5 heteroatoms. The summed E-state index contributed by atoms with van der Waals surface area (Å²) >= 11 is 1.70. The lowest BCUT2D eigenvalue weighted by molar-refractivity contribution is 0.318. The van der Waals surface area contributed by atoms with Crippen molar-refractivity contribution in [2.75, 3.05) is 5.75 Å². The fraction of sp³-hybridized carbons (Fsp3) is 0.286. The minimum absolute atomic E-state index is 0.121. The first-order valence-corrected chi connectivity index (χ1v) is 7.25. The Kier molecular flexibility index (Phi) is 4.63. The number of fused-ring (bicyclic) bond motifs is 1. The van der Waals surface area contributed by atoms with Gasteiger partial charge in [0.05, 0.1) is 10.5 Å². The number of oxime groups is 1. The van der Waals surface area contributed by atoms with Gasteiger partial charge in [0.2, 0.25) is 0 Å². The van der Waals surface area contributed by atoms with Gasteiger partial charge in [0, 0.05) is 10.9 Å². The molecule has 0 radical (unpaired) electrons. The van der Waals surface area contributed by atoms with Crippen molar-refractivity contribution in [1.29, 1.82) is 0 Å². The van der Waals surface area contributed by atoms with Crippen LogP contribution in [-0.2, 0) is 0 Å². The first-order chi connectivity index (χ1) is 9.26. The summed E-state index contributed by atoms with van der Waals surface area (Å²) in [6, 6.07) is 9.61. The van der Waals surface area contributed by atoms with Gasteiger partial charge in [-0.2, -0.15) is 0 Å². The predicted molar refractivity (Wildman–Crippen MR) is 79.9 cm³/mol. The molecule has 0 fully saturated rings. The van der Waals surface area contributed by atoms with E-state index in [1.165, 1.54) is 0 Å². The molecule has 0 bridgehead atoms. The number of nitrogens with two attached hydrogens (primary N) is 1. The van der Waals surface area contributed by atoms with Crippen molar-refractivity contribution in [2.24, 2.45) is 10.9 Å². The van der Waals surface area contributed by atoms with E-state index in [1.54, 1.807) is 11.8 Å². The molecule has 3 N–H and O–H groups in total. The molecule has 2 aromatic rings. The highest BCUT2D eigenvalue weighted by Crippen LogP contribution is 2.24. The third-order valence-electron chi connectivity index (χ3n) is 2.82. The molecule has 0 aliphatic heterocycles. The van der Waals surface area contributed by atoms with Crippen molar-refractivity contribution in [2.45, 2.75) is 24.8 Å². The van der Waals surface area contributed by atoms with Gasteiger partial charge in [0.15, 0.2) is 5.84 Å². The molecule has 2 rings (SSSR count). The van der Waals surface area contributed by atoms with Crippen LogP contribution in [0.4, 0.5) is 0 Å². The summed E-state index contributed by atoms with van der Waals surface area (Å²) in [5, 5.41) is 13.8. The molecule has 0 saturated carbocycles. The van der Waals surface area contributed by atoms with E-state index >= 15 is 0 Å². The second kappa shape index (κ2) is 6.43. The maximum absolute atomic E-state index is 8.89. The van der Waals surface area contributed by atoms with Crippen LogP contribution in [0.5, 0.6) is 0 Å². The number of aromatic nitrogens is 1. The van der Waals surface area contributed by atoms with Crippen LogP contribution in [0.15, 0.2) is 40.5 Å².